The Bertz CT molecular complexity index is 1000. The Labute approximate surface area is 186 Å². The topological polar surface area (TPSA) is 86.4 Å². The Balaban J connectivity index is 1.58. The monoisotopic (exact) mass is 442 g/mol. The molecule has 0 unspecified atom stereocenters. The second-order valence-electron chi connectivity index (χ2n) is 8.52. The van der Waals surface area contributed by atoms with Crippen molar-refractivity contribution in [3.8, 4) is 0 Å². The van der Waals surface area contributed by atoms with E-state index < -0.39 is 0 Å². The van der Waals surface area contributed by atoms with E-state index in [2.05, 4.69) is 11.1 Å². The van der Waals surface area contributed by atoms with Crippen molar-refractivity contribution < 1.29 is 9.59 Å². The molecule has 1 N–H and O–H groups in total. The highest BCUT2D eigenvalue weighted by atomic mass is 32.1. The first-order valence-corrected chi connectivity index (χ1v) is 12.1. The van der Waals surface area contributed by atoms with Gasteiger partial charge in [0, 0.05) is 35.9 Å². The molecule has 0 spiro atoms. The summed E-state index contributed by atoms with van der Waals surface area (Å²) < 4.78 is 0. The van der Waals surface area contributed by atoms with Crippen LogP contribution in [-0.4, -0.2) is 44.7 Å². The third-order valence-electron chi connectivity index (χ3n) is 6.36. The molecule has 8 heteroatoms. The van der Waals surface area contributed by atoms with Gasteiger partial charge in [-0.25, -0.2) is 4.98 Å². The van der Waals surface area contributed by atoms with Crippen molar-refractivity contribution in [1.29, 1.82) is 0 Å². The van der Waals surface area contributed by atoms with Crippen LogP contribution >= 0.6 is 11.3 Å². The van der Waals surface area contributed by atoms with Gasteiger partial charge in [0.15, 0.2) is 0 Å². The fourth-order valence-electron chi connectivity index (χ4n) is 4.63. The summed E-state index contributed by atoms with van der Waals surface area (Å²) in [5.74, 6) is 0.625. The summed E-state index contributed by atoms with van der Waals surface area (Å²) in [5, 5.41) is 2.03. The number of amides is 2. The molecular formula is C23H30N4O3S. The predicted molar refractivity (Wildman–Crippen MR) is 120 cm³/mol. The maximum atomic E-state index is 13.3. The highest BCUT2D eigenvalue weighted by Gasteiger charge is 2.33. The van der Waals surface area contributed by atoms with Crippen LogP contribution in [0.15, 0.2) is 22.3 Å². The average molecular weight is 443 g/mol. The number of aromatic nitrogens is 2. The lowest BCUT2D eigenvalue weighted by molar-refractivity contribution is -0.139. The molecule has 2 amide bonds. The Morgan fingerprint density at radius 3 is 2.90 bits per heavy atom. The Morgan fingerprint density at radius 1 is 1.32 bits per heavy atom. The maximum absolute atomic E-state index is 13.3. The van der Waals surface area contributed by atoms with Crippen LogP contribution in [-0.2, 0) is 29.0 Å². The third-order valence-corrected chi connectivity index (χ3v) is 7.26. The molecule has 2 aromatic rings. The lowest BCUT2D eigenvalue weighted by atomic mass is 9.97. The van der Waals surface area contributed by atoms with Gasteiger partial charge in [-0.05, 0) is 43.6 Å². The molecule has 2 aliphatic heterocycles. The number of nitrogens with one attached hydrogen (secondary N) is 1. The smallest absolute Gasteiger partial charge is 0.254 e. The second-order valence-corrected chi connectivity index (χ2v) is 9.56. The molecule has 4 heterocycles. The van der Waals surface area contributed by atoms with Crippen LogP contribution in [0.4, 0.5) is 0 Å². The van der Waals surface area contributed by atoms with Crippen molar-refractivity contribution in [2.45, 2.75) is 65.0 Å². The molecule has 2 atom stereocenters. The van der Waals surface area contributed by atoms with E-state index in [9.17, 15) is 14.4 Å². The van der Waals surface area contributed by atoms with E-state index in [0.29, 0.717) is 49.6 Å². The SMILES string of the molecule is CCC(=O)N1CCc2c(nc([C@H]3CCCCN3C(=O)[C@H](C)Cc3cccs3)[nH]c2=O)C1. The number of hydrogen-bond acceptors (Lipinski definition) is 5. The van der Waals surface area contributed by atoms with Gasteiger partial charge in [0.05, 0.1) is 18.3 Å². The first-order chi connectivity index (χ1) is 15.0. The number of thiophene rings is 1. The number of H-pyrrole nitrogens is 1. The van der Waals surface area contributed by atoms with E-state index in [1.807, 2.05) is 30.2 Å². The molecule has 1 fully saturated rings. The van der Waals surface area contributed by atoms with E-state index >= 15 is 0 Å². The molecule has 1 saturated heterocycles. The summed E-state index contributed by atoms with van der Waals surface area (Å²) in [4.78, 5) is 50.9. The number of aromatic amines is 1. The zero-order valence-corrected chi connectivity index (χ0v) is 19.0. The molecule has 2 aliphatic rings. The summed E-state index contributed by atoms with van der Waals surface area (Å²) >= 11 is 1.67. The Hall–Kier alpha value is -2.48. The molecule has 2 aromatic heterocycles. The first-order valence-electron chi connectivity index (χ1n) is 11.2. The van der Waals surface area contributed by atoms with Crippen LogP contribution in [0.3, 0.4) is 0 Å². The summed E-state index contributed by atoms with van der Waals surface area (Å²) in [7, 11) is 0. The van der Waals surface area contributed by atoms with Crippen LogP contribution in [0, 0.1) is 5.92 Å². The number of carbonyl (C=O) groups is 2. The van der Waals surface area contributed by atoms with E-state index in [1.54, 1.807) is 16.2 Å². The quantitative estimate of drug-likeness (QED) is 0.771. The highest BCUT2D eigenvalue weighted by molar-refractivity contribution is 7.09. The Kier molecular flexibility index (Phi) is 6.55. The minimum Gasteiger partial charge on any atom is -0.336 e. The molecule has 4 rings (SSSR count). The van der Waals surface area contributed by atoms with Crippen LogP contribution in [0.2, 0.25) is 0 Å². The average Bonchev–Trinajstić information content (AvgIpc) is 3.30. The van der Waals surface area contributed by atoms with Crippen molar-refractivity contribution in [3.05, 3.63) is 49.8 Å². The normalized spacial score (nSPS) is 19.7. The predicted octanol–water partition coefficient (Wildman–Crippen LogP) is 3.06. The van der Waals surface area contributed by atoms with Crippen molar-refractivity contribution >= 4 is 23.2 Å². The van der Waals surface area contributed by atoms with Gasteiger partial charge >= 0.3 is 0 Å². The molecule has 0 aromatic carbocycles. The summed E-state index contributed by atoms with van der Waals surface area (Å²) in [5.41, 5.74) is 1.22. The molecule has 166 valence electrons. The van der Waals surface area contributed by atoms with Crippen molar-refractivity contribution in [2.75, 3.05) is 13.1 Å². The fourth-order valence-corrected chi connectivity index (χ4v) is 5.47. The molecule has 0 saturated carbocycles. The minimum absolute atomic E-state index is 0.0751. The van der Waals surface area contributed by atoms with Crippen molar-refractivity contribution in [3.63, 3.8) is 0 Å². The largest absolute Gasteiger partial charge is 0.336 e. The lowest BCUT2D eigenvalue weighted by Crippen LogP contribution is -2.44. The van der Waals surface area contributed by atoms with Gasteiger partial charge in [0.25, 0.3) is 5.56 Å². The minimum atomic E-state index is -0.220. The fraction of sp³-hybridized carbons (Fsp3) is 0.565. The number of hydrogen-bond donors (Lipinski definition) is 1. The van der Waals surface area contributed by atoms with Crippen molar-refractivity contribution in [2.24, 2.45) is 5.92 Å². The zero-order valence-electron chi connectivity index (χ0n) is 18.2. The van der Waals surface area contributed by atoms with Crippen LogP contribution < -0.4 is 5.56 Å². The highest BCUT2D eigenvalue weighted by Crippen LogP contribution is 2.31. The number of carbonyl (C=O) groups excluding carboxylic acids is 2. The zero-order chi connectivity index (χ0) is 22.0. The summed E-state index contributed by atoms with van der Waals surface area (Å²) in [6, 6.07) is 3.85. The number of piperidine rings is 1. The second kappa shape index (κ2) is 9.34. The third kappa shape index (κ3) is 4.59. The number of rotatable bonds is 5. The standard InChI is InChI=1S/C23H30N4O3S/c1-3-20(28)26-11-9-17-18(14-26)24-21(25-22(17)29)19-8-4-5-10-27(19)23(30)15(2)13-16-7-6-12-31-16/h6-7,12,15,19H,3-5,8-11,13-14H2,1-2H3,(H,24,25,29)/t15-,19-/m1/s1. The summed E-state index contributed by atoms with van der Waals surface area (Å²) in [6.45, 7) is 5.42. The van der Waals surface area contributed by atoms with E-state index in [-0.39, 0.29) is 29.3 Å². The molecule has 7 nitrogen and oxygen atoms in total. The maximum Gasteiger partial charge on any atom is 0.254 e. The van der Waals surface area contributed by atoms with E-state index in [4.69, 9.17) is 4.98 Å². The molecule has 0 radical (unpaired) electrons. The van der Waals surface area contributed by atoms with Crippen LogP contribution in [0.1, 0.15) is 67.5 Å². The first kappa shape index (κ1) is 21.7. The van der Waals surface area contributed by atoms with Crippen LogP contribution in [0.5, 0.6) is 0 Å². The molecule has 0 bridgehead atoms. The van der Waals surface area contributed by atoms with Crippen molar-refractivity contribution in [1.82, 2.24) is 19.8 Å². The van der Waals surface area contributed by atoms with E-state index in [0.717, 1.165) is 25.7 Å². The lowest BCUT2D eigenvalue weighted by Gasteiger charge is -2.37. The summed E-state index contributed by atoms with van der Waals surface area (Å²) in [6.07, 6.45) is 4.43. The van der Waals surface area contributed by atoms with Gasteiger partial charge in [-0.1, -0.05) is 19.9 Å². The number of fused-ring (bicyclic) bond motifs is 1. The van der Waals surface area contributed by atoms with Gasteiger partial charge in [-0.15, -0.1) is 11.3 Å². The number of likely N-dealkylation sites (tertiary alicyclic amines) is 1. The van der Waals surface area contributed by atoms with E-state index in [1.165, 1.54) is 4.88 Å². The van der Waals surface area contributed by atoms with Gasteiger partial charge in [-0.3, -0.25) is 14.4 Å². The van der Waals surface area contributed by atoms with Crippen LogP contribution in [0.25, 0.3) is 0 Å². The molecular weight excluding hydrogens is 412 g/mol. The molecule has 0 aliphatic carbocycles. The van der Waals surface area contributed by atoms with Gasteiger partial charge in [0.1, 0.15) is 5.82 Å². The molecule has 31 heavy (non-hydrogen) atoms. The van der Waals surface area contributed by atoms with Gasteiger partial charge in [-0.2, -0.15) is 0 Å². The Morgan fingerprint density at radius 2 is 2.16 bits per heavy atom. The van der Waals surface area contributed by atoms with Gasteiger partial charge < -0.3 is 14.8 Å². The van der Waals surface area contributed by atoms with Gasteiger partial charge in [0.2, 0.25) is 11.8 Å². The number of nitrogens with zero attached hydrogens (tertiary/aromatic N) is 3.